The smallest absolute Gasteiger partial charge is 0.193 e. The summed E-state index contributed by atoms with van der Waals surface area (Å²) in [6.45, 7) is 5.14. The molecule has 3 N–H and O–H groups in total. The molecule has 0 amide bonds. The third-order valence-electron chi connectivity index (χ3n) is 5.69. The van der Waals surface area contributed by atoms with E-state index in [1.807, 2.05) is 0 Å². The number of guanidine groups is 1. The minimum absolute atomic E-state index is 0. The van der Waals surface area contributed by atoms with Crippen molar-refractivity contribution in [3.8, 4) is 0 Å². The highest BCUT2D eigenvalue weighted by molar-refractivity contribution is 14.0. The number of fused-ring (bicyclic) bond motifs is 1. The number of aryl methyl sites for hydroxylation is 1. The Labute approximate surface area is 190 Å². The molecule has 2 aliphatic rings. The standard InChI is InChI=1S/C23H30N4O.HI/c24-23(26-22-11-5-9-18-6-3-4-10-21(18)22)25-16-19-7-1-2-8-20(19)17-27-12-14-28-15-13-27;/h1-2,5,7-9,11H,3-4,6,10,12-17H2,(H3,24,25,26);1H. The van der Waals surface area contributed by atoms with E-state index in [1.165, 1.54) is 35.1 Å². The monoisotopic (exact) mass is 506 g/mol. The zero-order valence-corrected chi connectivity index (χ0v) is 19.2. The van der Waals surface area contributed by atoms with E-state index in [9.17, 15) is 0 Å². The van der Waals surface area contributed by atoms with Crippen LogP contribution < -0.4 is 11.1 Å². The minimum Gasteiger partial charge on any atom is -0.379 e. The molecule has 1 aliphatic carbocycles. The number of nitrogens with zero attached hydrogens (tertiary/aromatic N) is 2. The molecule has 2 aromatic rings. The lowest BCUT2D eigenvalue weighted by Crippen LogP contribution is -2.35. The van der Waals surface area contributed by atoms with Crippen LogP contribution in [-0.4, -0.2) is 37.2 Å². The van der Waals surface area contributed by atoms with Gasteiger partial charge in [-0.15, -0.1) is 24.0 Å². The quantitative estimate of drug-likeness (QED) is 0.367. The van der Waals surface area contributed by atoms with Crippen molar-refractivity contribution in [3.63, 3.8) is 0 Å². The molecule has 0 atom stereocenters. The first-order valence-corrected chi connectivity index (χ1v) is 10.3. The van der Waals surface area contributed by atoms with Gasteiger partial charge in [0.2, 0.25) is 0 Å². The molecule has 0 bridgehead atoms. The van der Waals surface area contributed by atoms with E-state index in [4.69, 9.17) is 10.5 Å². The van der Waals surface area contributed by atoms with E-state index in [0.717, 1.165) is 51.4 Å². The number of benzene rings is 2. The zero-order chi connectivity index (χ0) is 19.2. The normalized spacial score (nSPS) is 17.3. The lowest BCUT2D eigenvalue weighted by atomic mass is 9.90. The van der Waals surface area contributed by atoms with Crippen molar-refractivity contribution in [2.45, 2.75) is 38.8 Å². The predicted octanol–water partition coefficient (Wildman–Crippen LogP) is 3.94. The molecule has 0 radical (unpaired) electrons. The van der Waals surface area contributed by atoms with E-state index in [2.05, 4.69) is 57.7 Å². The van der Waals surface area contributed by atoms with Crippen LogP contribution >= 0.6 is 24.0 Å². The molecule has 6 heteroatoms. The predicted molar refractivity (Wildman–Crippen MR) is 130 cm³/mol. The number of rotatable bonds is 5. The minimum atomic E-state index is 0. The number of ether oxygens (including phenoxy) is 1. The average Bonchev–Trinajstić information content (AvgIpc) is 2.74. The third kappa shape index (κ3) is 5.93. The number of aliphatic imine (C=N–C) groups is 1. The van der Waals surface area contributed by atoms with Crippen LogP contribution in [0.3, 0.4) is 0 Å². The Bertz CT molecular complexity index is 833. The van der Waals surface area contributed by atoms with E-state index >= 15 is 0 Å². The second kappa shape index (κ2) is 10.9. The Balaban J connectivity index is 0.00000240. The van der Waals surface area contributed by atoms with Crippen molar-refractivity contribution >= 4 is 35.6 Å². The molecule has 0 aromatic heterocycles. The zero-order valence-electron chi connectivity index (χ0n) is 16.9. The molecular weight excluding hydrogens is 475 g/mol. The van der Waals surface area contributed by atoms with Crippen LogP contribution in [-0.2, 0) is 30.7 Å². The summed E-state index contributed by atoms with van der Waals surface area (Å²) in [5.74, 6) is 0.486. The molecular formula is C23H31IN4O. The van der Waals surface area contributed by atoms with Gasteiger partial charge >= 0.3 is 0 Å². The Kier molecular flexibility index (Phi) is 8.32. The van der Waals surface area contributed by atoms with E-state index in [1.54, 1.807) is 0 Å². The fourth-order valence-corrected chi connectivity index (χ4v) is 4.11. The highest BCUT2D eigenvalue weighted by atomic mass is 127. The molecule has 0 saturated carbocycles. The molecule has 2 aromatic carbocycles. The summed E-state index contributed by atoms with van der Waals surface area (Å²) in [6.07, 6.45) is 4.81. The fourth-order valence-electron chi connectivity index (χ4n) is 4.11. The van der Waals surface area contributed by atoms with Gasteiger partial charge in [-0.2, -0.15) is 0 Å². The van der Waals surface area contributed by atoms with Gasteiger partial charge < -0.3 is 15.8 Å². The number of nitrogens with two attached hydrogens (primary N) is 1. The first-order chi connectivity index (χ1) is 13.8. The molecule has 4 rings (SSSR count). The molecule has 1 aliphatic heterocycles. The maximum Gasteiger partial charge on any atom is 0.193 e. The number of hydrogen-bond acceptors (Lipinski definition) is 3. The largest absolute Gasteiger partial charge is 0.379 e. The van der Waals surface area contributed by atoms with Gasteiger partial charge in [0.25, 0.3) is 0 Å². The van der Waals surface area contributed by atoms with Gasteiger partial charge in [-0.1, -0.05) is 36.4 Å². The summed E-state index contributed by atoms with van der Waals surface area (Å²) in [5.41, 5.74) is 12.7. The van der Waals surface area contributed by atoms with Gasteiger partial charge in [-0.05, 0) is 54.0 Å². The van der Waals surface area contributed by atoms with Gasteiger partial charge in [0.1, 0.15) is 0 Å². The Morgan fingerprint density at radius 2 is 1.76 bits per heavy atom. The fraction of sp³-hybridized carbons (Fsp3) is 0.435. The summed E-state index contributed by atoms with van der Waals surface area (Å²) >= 11 is 0. The molecule has 156 valence electrons. The van der Waals surface area contributed by atoms with Crippen molar-refractivity contribution in [3.05, 3.63) is 64.7 Å². The number of morpholine rings is 1. The van der Waals surface area contributed by atoms with Gasteiger partial charge in [0.15, 0.2) is 5.96 Å². The van der Waals surface area contributed by atoms with Crippen LogP contribution in [0.15, 0.2) is 47.5 Å². The Morgan fingerprint density at radius 3 is 2.59 bits per heavy atom. The van der Waals surface area contributed by atoms with Crippen LogP contribution in [0.2, 0.25) is 0 Å². The first-order valence-electron chi connectivity index (χ1n) is 10.3. The number of halogens is 1. The van der Waals surface area contributed by atoms with Gasteiger partial charge in [0, 0.05) is 25.3 Å². The van der Waals surface area contributed by atoms with Crippen molar-refractivity contribution < 1.29 is 4.74 Å². The summed E-state index contributed by atoms with van der Waals surface area (Å²) in [5, 5.41) is 3.34. The number of anilines is 1. The lowest BCUT2D eigenvalue weighted by molar-refractivity contribution is 0.0341. The third-order valence-corrected chi connectivity index (χ3v) is 5.69. The second-order valence-electron chi connectivity index (χ2n) is 7.63. The van der Waals surface area contributed by atoms with Crippen LogP contribution in [0.4, 0.5) is 5.69 Å². The molecule has 29 heavy (non-hydrogen) atoms. The molecule has 1 heterocycles. The summed E-state index contributed by atoms with van der Waals surface area (Å²) in [4.78, 5) is 7.07. The molecule has 1 fully saturated rings. The SMILES string of the molecule is I.NC(=NCc1ccccc1CN1CCOCC1)Nc1cccc2c1CCCC2. The molecule has 0 unspecified atom stereocenters. The van der Waals surface area contributed by atoms with Crippen LogP contribution in [0.1, 0.15) is 35.1 Å². The average molecular weight is 506 g/mol. The van der Waals surface area contributed by atoms with Crippen LogP contribution in [0.25, 0.3) is 0 Å². The molecule has 1 saturated heterocycles. The lowest BCUT2D eigenvalue weighted by Gasteiger charge is -2.27. The second-order valence-corrected chi connectivity index (χ2v) is 7.63. The topological polar surface area (TPSA) is 62.9 Å². The highest BCUT2D eigenvalue weighted by Gasteiger charge is 2.14. The van der Waals surface area contributed by atoms with Crippen molar-refractivity contribution in [1.29, 1.82) is 0 Å². The summed E-state index contributed by atoms with van der Waals surface area (Å²) in [7, 11) is 0. The summed E-state index contributed by atoms with van der Waals surface area (Å²) < 4.78 is 5.45. The maximum atomic E-state index is 6.23. The highest BCUT2D eigenvalue weighted by Crippen LogP contribution is 2.27. The molecule has 0 spiro atoms. The number of hydrogen-bond donors (Lipinski definition) is 2. The van der Waals surface area contributed by atoms with Crippen LogP contribution in [0, 0.1) is 0 Å². The van der Waals surface area contributed by atoms with Crippen molar-refractivity contribution in [2.75, 3.05) is 31.6 Å². The Hall–Kier alpha value is -1.64. The van der Waals surface area contributed by atoms with Crippen LogP contribution in [0.5, 0.6) is 0 Å². The number of nitrogens with one attached hydrogen (secondary N) is 1. The van der Waals surface area contributed by atoms with E-state index in [0.29, 0.717) is 12.5 Å². The van der Waals surface area contributed by atoms with Gasteiger partial charge in [-0.3, -0.25) is 4.90 Å². The van der Waals surface area contributed by atoms with E-state index in [-0.39, 0.29) is 24.0 Å². The molecule has 5 nitrogen and oxygen atoms in total. The summed E-state index contributed by atoms with van der Waals surface area (Å²) in [6, 6.07) is 15.0. The van der Waals surface area contributed by atoms with Crippen molar-refractivity contribution in [1.82, 2.24) is 4.90 Å². The maximum absolute atomic E-state index is 6.23. The Morgan fingerprint density at radius 1 is 1.00 bits per heavy atom. The van der Waals surface area contributed by atoms with E-state index < -0.39 is 0 Å². The van der Waals surface area contributed by atoms with Crippen molar-refractivity contribution in [2.24, 2.45) is 10.7 Å². The van der Waals surface area contributed by atoms with Gasteiger partial charge in [-0.25, -0.2) is 4.99 Å². The van der Waals surface area contributed by atoms with Gasteiger partial charge in [0.05, 0.1) is 19.8 Å². The first kappa shape index (κ1) is 22.1.